The highest BCUT2D eigenvalue weighted by Crippen LogP contribution is 2.32. The lowest BCUT2D eigenvalue weighted by atomic mass is 10.2. The largest absolute Gasteiger partial charge is 0.394 e. The van der Waals surface area contributed by atoms with Crippen LogP contribution >= 0.6 is 34.8 Å². The van der Waals surface area contributed by atoms with E-state index in [1.807, 2.05) is 6.92 Å². The van der Waals surface area contributed by atoms with Crippen LogP contribution in [0.5, 0.6) is 0 Å². The van der Waals surface area contributed by atoms with Crippen molar-refractivity contribution < 1.29 is 0 Å². The molecule has 0 atom stereocenters. The number of nitrogen functional groups attached to an aromatic ring is 1. The van der Waals surface area contributed by atoms with Crippen molar-refractivity contribution in [3.05, 3.63) is 38.7 Å². The molecule has 0 bridgehead atoms. The summed E-state index contributed by atoms with van der Waals surface area (Å²) in [7, 11) is 0. The standard InChI is InChI=1S/C12H11Cl3N4/c1-5-3-8(14)9(4-7(5)13)18-11-10(16)6(2)17-12(15)19-11/h3-4H,16H2,1-2H3,(H,17,18,19). The van der Waals surface area contributed by atoms with Gasteiger partial charge in [0.1, 0.15) is 0 Å². The van der Waals surface area contributed by atoms with Crippen LogP contribution in [0.4, 0.5) is 17.2 Å². The minimum absolute atomic E-state index is 0.114. The molecule has 0 amide bonds. The Morgan fingerprint density at radius 3 is 2.42 bits per heavy atom. The summed E-state index contributed by atoms with van der Waals surface area (Å²) >= 11 is 18.0. The van der Waals surface area contributed by atoms with E-state index in [2.05, 4.69) is 15.3 Å². The van der Waals surface area contributed by atoms with Crippen LogP contribution in [0.2, 0.25) is 15.3 Å². The third kappa shape index (κ3) is 3.03. The summed E-state index contributed by atoms with van der Waals surface area (Å²) in [4.78, 5) is 8.00. The summed E-state index contributed by atoms with van der Waals surface area (Å²) in [6.07, 6.45) is 0. The van der Waals surface area contributed by atoms with Crippen LogP contribution < -0.4 is 11.1 Å². The number of nitrogens with two attached hydrogens (primary N) is 1. The molecule has 4 nitrogen and oxygen atoms in total. The van der Waals surface area contributed by atoms with E-state index in [9.17, 15) is 0 Å². The zero-order valence-corrected chi connectivity index (χ0v) is 12.5. The lowest BCUT2D eigenvalue weighted by molar-refractivity contribution is 1.11. The number of halogens is 3. The topological polar surface area (TPSA) is 63.8 Å². The van der Waals surface area contributed by atoms with Gasteiger partial charge in [0, 0.05) is 5.02 Å². The van der Waals surface area contributed by atoms with Crippen molar-refractivity contribution in [2.45, 2.75) is 13.8 Å². The first-order chi connectivity index (χ1) is 8.88. The smallest absolute Gasteiger partial charge is 0.224 e. The highest BCUT2D eigenvalue weighted by atomic mass is 35.5. The maximum atomic E-state index is 6.14. The lowest BCUT2D eigenvalue weighted by Crippen LogP contribution is -2.04. The van der Waals surface area contributed by atoms with Crippen molar-refractivity contribution in [3.63, 3.8) is 0 Å². The van der Waals surface area contributed by atoms with Crippen LogP contribution in [0.3, 0.4) is 0 Å². The van der Waals surface area contributed by atoms with Gasteiger partial charge in [-0.3, -0.25) is 0 Å². The van der Waals surface area contributed by atoms with Gasteiger partial charge in [0.05, 0.1) is 22.1 Å². The third-order valence-electron chi connectivity index (χ3n) is 2.61. The fraction of sp³-hybridized carbons (Fsp3) is 0.167. The predicted molar refractivity (Wildman–Crippen MR) is 80.7 cm³/mol. The van der Waals surface area contributed by atoms with Gasteiger partial charge in [-0.2, -0.15) is 4.98 Å². The van der Waals surface area contributed by atoms with E-state index in [0.29, 0.717) is 32.9 Å². The van der Waals surface area contributed by atoms with Gasteiger partial charge in [-0.05, 0) is 43.1 Å². The number of nitrogens with zero attached hydrogens (tertiary/aromatic N) is 2. The molecule has 3 N–H and O–H groups in total. The van der Waals surface area contributed by atoms with Gasteiger partial charge in [0.15, 0.2) is 5.82 Å². The summed E-state index contributed by atoms with van der Waals surface area (Å²) < 4.78 is 0. The van der Waals surface area contributed by atoms with Crippen molar-refractivity contribution in [1.82, 2.24) is 9.97 Å². The molecular formula is C12H11Cl3N4. The van der Waals surface area contributed by atoms with E-state index >= 15 is 0 Å². The van der Waals surface area contributed by atoms with E-state index in [4.69, 9.17) is 40.5 Å². The number of benzene rings is 1. The van der Waals surface area contributed by atoms with E-state index in [-0.39, 0.29) is 5.28 Å². The second kappa shape index (κ2) is 5.41. The second-order valence-corrected chi connectivity index (χ2v) is 5.20. The molecule has 1 aromatic heterocycles. The van der Waals surface area contributed by atoms with Crippen molar-refractivity contribution >= 4 is 52.0 Å². The minimum Gasteiger partial charge on any atom is -0.394 e. The highest BCUT2D eigenvalue weighted by Gasteiger charge is 2.11. The molecule has 100 valence electrons. The van der Waals surface area contributed by atoms with Crippen LogP contribution in [0.25, 0.3) is 0 Å². The van der Waals surface area contributed by atoms with Gasteiger partial charge in [-0.15, -0.1) is 0 Å². The zero-order chi connectivity index (χ0) is 14.2. The second-order valence-electron chi connectivity index (χ2n) is 4.05. The summed E-state index contributed by atoms with van der Waals surface area (Å²) in [5, 5.41) is 4.25. The molecule has 2 aromatic rings. The first kappa shape index (κ1) is 14.2. The minimum atomic E-state index is 0.114. The normalized spacial score (nSPS) is 10.6. The number of hydrogen-bond acceptors (Lipinski definition) is 4. The number of aryl methyl sites for hydroxylation is 2. The predicted octanol–water partition coefficient (Wildman–Crippen LogP) is 4.38. The molecule has 0 saturated heterocycles. The summed E-state index contributed by atoms with van der Waals surface area (Å²) in [5.74, 6) is 0.402. The third-order valence-corrected chi connectivity index (χ3v) is 3.50. The van der Waals surface area contributed by atoms with Gasteiger partial charge in [0.25, 0.3) is 0 Å². The number of aromatic nitrogens is 2. The molecule has 1 heterocycles. The number of anilines is 3. The molecule has 0 spiro atoms. The lowest BCUT2D eigenvalue weighted by Gasteiger charge is -2.12. The maximum Gasteiger partial charge on any atom is 0.224 e. The molecule has 0 saturated carbocycles. The average Bonchev–Trinajstić information content (AvgIpc) is 2.32. The number of nitrogens with one attached hydrogen (secondary N) is 1. The van der Waals surface area contributed by atoms with Gasteiger partial charge in [0.2, 0.25) is 5.28 Å². The van der Waals surface area contributed by atoms with E-state index in [1.54, 1.807) is 19.1 Å². The van der Waals surface area contributed by atoms with E-state index in [0.717, 1.165) is 5.56 Å². The van der Waals surface area contributed by atoms with Crippen LogP contribution in [0.15, 0.2) is 12.1 Å². The fourth-order valence-electron chi connectivity index (χ4n) is 1.51. The Balaban J connectivity index is 2.44. The molecule has 0 fully saturated rings. The Morgan fingerprint density at radius 1 is 1.05 bits per heavy atom. The Bertz CT molecular complexity index is 643. The number of hydrogen-bond donors (Lipinski definition) is 2. The molecule has 19 heavy (non-hydrogen) atoms. The quantitative estimate of drug-likeness (QED) is 0.807. The Labute approximate surface area is 125 Å². The van der Waals surface area contributed by atoms with E-state index in [1.165, 1.54) is 0 Å². The Morgan fingerprint density at radius 2 is 1.74 bits per heavy atom. The summed E-state index contributed by atoms with van der Waals surface area (Å²) in [5.41, 5.74) is 8.40. The molecule has 1 aromatic carbocycles. The molecule has 0 aliphatic carbocycles. The molecule has 0 aliphatic rings. The van der Waals surface area contributed by atoms with Crippen molar-refractivity contribution in [2.75, 3.05) is 11.1 Å². The van der Waals surface area contributed by atoms with Gasteiger partial charge in [-0.1, -0.05) is 23.2 Å². The first-order valence-corrected chi connectivity index (χ1v) is 6.54. The van der Waals surface area contributed by atoms with Crippen molar-refractivity contribution in [3.8, 4) is 0 Å². The average molecular weight is 318 g/mol. The number of rotatable bonds is 2. The first-order valence-electron chi connectivity index (χ1n) is 5.40. The van der Waals surface area contributed by atoms with Gasteiger partial charge >= 0.3 is 0 Å². The molecule has 7 heteroatoms. The SMILES string of the molecule is Cc1cc(Cl)c(Nc2nc(Cl)nc(C)c2N)cc1Cl. The van der Waals surface area contributed by atoms with Crippen molar-refractivity contribution in [2.24, 2.45) is 0 Å². The molecular weight excluding hydrogens is 307 g/mol. The van der Waals surface area contributed by atoms with Crippen LogP contribution in [-0.2, 0) is 0 Å². The maximum absolute atomic E-state index is 6.14. The van der Waals surface area contributed by atoms with Gasteiger partial charge < -0.3 is 11.1 Å². The van der Waals surface area contributed by atoms with E-state index < -0.39 is 0 Å². The zero-order valence-electron chi connectivity index (χ0n) is 10.3. The van der Waals surface area contributed by atoms with Crippen LogP contribution in [0.1, 0.15) is 11.3 Å². The highest BCUT2D eigenvalue weighted by molar-refractivity contribution is 6.36. The van der Waals surface area contributed by atoms with Crippen LogP contribution in [0, 0.1) is 13.8 Å². The van der Waals surface area contributed by atoms with Crippen LogP contribution in [-0.4, -0.2) is 9.97 Å². The summed E-state index contributed by atoms with van der Waals surface area (Å²) in [6.45, 7) is 3.62. The monoisotopic (exact) mass is 316 g/mol. The molecule has 0 radical (unpaired) electrons. The van der Waals surface area contributed by atoms with Crippen molar-refractivity contribution in [1.29, 1.82) is 0 Å². The Kier molecular flexibility index (Phi) is 4.04. The molecule has 0 aliphatic heterocycles. The Hall–Kier alpha value is -1.23. The van der Waals surface area contributed by atoms with Gasteiger partial charge in [-0.25, -0.2) is 4.98 Å². The fourth-order valence-corrected chi connectivity index (χ4v) is 2.15. The summed E-state index contributed by atoms with van der Waals surface area (Å²) in [6, 6.07) is 3.47. The molecule has 2 rings (SSSR count). The molecule has 0 unspecified atom stereocenters.